The molecule has 0 aromatic carbocycles. The van der Waals surface area contributed by atoms with E-state index in [2.05, 4.69) is 106 Å². The molecule has 0 bridgehead atoms. The molecule has 0 aliphatic rings. The van der Waals surface area contributed by atoms with E-state index in [9.17, 15) is 14.4 Å². The summed E-state index contributed by atoms with van der Waals surface area (Å²) in [7, 11) is 0. The lowest BCUT2D eigenvalue weighted by Crippen LogP contribution is -2.30. The molecule has 0 aromatic heterocycles. The van der Waals surface area contributed by atoms with Crippen LogP contribution in [0.2, 0.25) is 0 Å². The number of esters is 3. The molecule has 0 fully saturated rings. The molecule has 0 rings (SSSR count). The molecule has 0 N–H and O–H groups in total. The zero-order valence-electron chi connectivity index (χ0n) is 51.0. The quantitative estimate of drug-likeness (QED) is 0.0261. The van der Waals surface area contributed by atoms with Crippen LogP contribution < -0.4 is 0 Å². The van der Waals surface area contributed by atoms with E-state index in [1.807, 2.05) is 0 Å². The average molecular weight is 1070 g/mol. The highest BCUT2D eigenvalue weighted by Crippen LogP contribution is 2.17. The second kappa shape index (κ2) is 65.1. The first-order valence-corrected chi connectivity index (χ1v) is 33.1. The molecule has 6 nitrogen and oxygen atoms in total. The van der Waals surface area contributed by atoms with Crippen molar-refractivity contribution in [1.29, 1.82) is 0 Å². The Kier molecular flexibility index (Phi) is 62.2. The standard InChI is InChI=1S/C71H124O6/c1-4-7-10-13-16-19-22-25-28-29-30-31-32-33-34-35-36-37-38-39-40-41-42-43-44-47-49-52-55-58-61-64-70(73)76-67-68(77-71(74)65-62-59-56-53-50-46-27-24-21-18-15-12-9-6-3)66-75-69(72)63-60-57-54-51-48-45-26-23-20-17-14-11-8-5-2/h7,10,16,19,23-28,30-31,33-34,68H,4-6,8-9,11-15,17-18,20-22,29,32,35-67H2,1-3H3/b10-7-,19-16-,26-23-,27-24-,28-25-,31-30-,34-33-. The van der Waals surface area contributed by atoms with Crippen molar-refractivity contribution in [2.24, 2.45) is 0 Å². The Bertz CT molecular complexity index is 1470. The van der Waals surface area contributed by atoms with Crippen molar-refractivity contribution in [3.63, 3.8) is 0 Å². The van der Waals surface area contributed by atoms with Gasteiger partial charge in [0.25, 0.3) is 0 Å². The molecule has 0 aliphatic carbocycles. The highest BCUT2D eigenvalue weighted by molar-refractivity contribution is 5.71. The summed E-state index contributed by atoms with van der Waals surface area (Å²) in [4.78, 5) is 38.3. The van der Waals surface area contributed by atoms with Crippen molar-refractivity contribution in [3.05, 3.63) is 85.1 Å². The van der Waals surface area contributed by atoms with Crippen LogP contribution in [0.15, 0.2) is 85.1 Å². The number of hydrogen-bond donors (Lipinski definition) is 0. The van der Waals surface area contributed by atoms with Gasteiger partial charge in [-0.05, 0) is 116 Å². The van der Waals surface area contributed by atoms with Crippen molar-refractivity contribution in [2.75, 3.05) is 13.2 Å². The summed E-state index contributed by atoms with van der Waals surface area (Å²) in [6.07, 6.45) is 86.0. The first-order chi connectivity index (χ1) is 38.0. The maximum absolute atomic E-state index is 12.9. The Balaban J connectivity index is 4.19. The van der Waals surface area contributed by atoms with Crippen molar-refractivity contribution in [1.82, 2.24) is 0 Å². The van der Waals surface area contributed by atoms with E-state index in [1.54, 1.807) is 0 Å². The van der Waals surface area contributed by atoms with Crippen molar-refractivity contribution in [3.8, 4) is 0 Å². The lowest BCUT2D eigenvalue weighted by atomic mass is 10.0. The third kappa shape index (κ3) is 63.3. The van der Waals surface area contributed by atoms with E-state index in [1.165, 1.54) is 180 Å². The largest absolute Gasteiger partial charge is 0.462 e. The Morgan fingerprint density at radius 3 is 0.805 bits per heavy atom. The zero-order valence-corrected chi connectivity index (χ0v) is 51.0. The molecule has 0 radical (unpaired) electrons. The maximum atomic E-state index is 12.9. The van der Waals surface area contributed by atoms with Gasteiger partial charge in [0.1, 0.15) is 13.2 Å². The minimum Gasteiger partial charge on any atom is -0.462 e. The van der Waals surface area contributed by atoms with E-state index in [0.717, 1.165) is 109 Å². The fraction of sp³-hybridized carbons (Fsp3) is 0.761. The second-order valence-corrected chi connectivity index (χ2v) is 22.0. The number of carbonyl (C=O) groups excluding carboxylic acids is 3. The number of allylic oxidation sites excluding steroid dienone is 14. The number of ether oxygens (including phenoxy) is 3. The third-order valence-electron chi connectivity index (χ3n) is 14.4. The van der Waals surface area contributed by atoms with E-state index in [4.69, 9.17) is 14.2 Å². The fourth-order valence-corrected chi connectivity index (χ4v) is 9.40. The van der Waals surface area contributed by atoms with Gasteiger partial charge in [0, 0.05) is 19.3 Å². The lowest BCUT2D eigenvalue weighted by Gasteiger charge is -2.18. The van der Waals surface area contributed by atoms with E-state index in [-0.39, 0.29) is 31.1 Å². The van der Waals surface area contributed by atoms with Crippen LogP contribution in [0, 0.1) is 0 Å². The Hall–Kier alpha value is -3.41. The summed E-state index contributed by atoms with van der Waals surface area (Å²) in [6.45, 7) is 6.52. The molecule has 77 heavy (non-hydrogen) atoms. The summed E-state index contributed by atoms with van der Waals surface area (Å²) in [5, 5.41) is 0. The summed E-state index contributed by atoms with van der Waals surface area (Å²) in [6, 6.07) is 0. The van der Waals surface area contributed by atoms with Gasteiger partial charge in [-0.2, -0.15) is 0 Å². The molecule has 0 aliphatic heterocycles. The number of unbranched alkanes of at least 4 members (excludes halogenated alkanes) is 35. The zero-order chi connectivity index (χ0) is 55.7. The summed E-state index contributed by atoms with van der Waals surface area (Å²) < 4.78 is 16.9. The normalized spacial score (nSPS) is 12.6. The minimum absolute atomic E-state index is 0.0795. The van der Waals surface area contributed by atoms with Crippen molar-refractivity contribution >= 4 is 17.9 Å². The molecule has 0 saturated heterocycles. The van der Waals surface area contributed by atoms with Crippen LogP contribution in [0.5, 0.6) is 0 Å². The minimum atomic E-state index is -0.783. The molecule has 1 unspecified atom stereocenters. The molecular formula is C71H124O6. The Labute approximate surface area is 477 Å². The molecule has 444 valence electrons. The third-order valence-corrected chi connectivity index (χ3v) is 14.4. The van der Waals surface area contributed by atoms with Gasteiger partial charge >= 0.3 is 17.9 Å². The summed E-state index contributed by atoms with van der Waals surface area (Å²) in [5.41, 5.74) is 0. The predicted molar refractivity (Wildman–Crippen MR) is 334 cm³/mol. The van der Waals surface area contributed by atoms with Gasteiger partial charge in [-0.25, -0.2) is 0 Å². The van der Waals surface area contributed by atoms with Gasteiger partial charge in [0.15, 0.2) is 6.10 Å². The summed E-state index contributed by atoms with van der Waals surface area (Å²) in [5.74, 6) is -0.883. The van der Waals surface area contributed by atoms with Crippen molar-refractivity contribution in [2.45, 2.75) is 335 Å². The highest BCUT2D eigenvalue weighted by Gasteiger charge is 2.19. The fourth-order valence-electron chi connectivity index (χ4n) is 9.40. The molecule has 0 spiro atoms. The van der Waals surface area contributed by atoms with Gasteiger partial charge in [0.05, 0.1) is 0 Å². The lowest BCUT2D eigenvalue weighted by molar-refractivity contribution is -0.167. The maximum Gasteiger partial charge on any atom is 0.306 e. The van der Waals surface area contributed by atoms with Crippen LogP contribution in [-0.2, 0) is 28.6 Å². The smallest absolute Gasteiger partial charge is 0.306 e. The van der Waals surface area contributed by atoms with Crippen LogP contribution in [0.25, 0.3) is 0 Å². The molecule has 0 saturated carbocycles. The molecule has 1 atom stereocenters. The van der Waals surface area contributed by atoms with E-state index in [0.29, 0.717) is 19.3 Å². The van der Waals surface area contributed by atoms with E-state index < -0.39 is 6.10 Å². The second-order valence-electron chi connectivity index (χ2n) is 22.0. The average Bonchev–Trinajstić information content (AvgIpc) is 3.43. The molecule has 0 amide bonds. The van der Waals surface area contributed by atoms with Crippen LogP contribution in [0.3, 0.4) is 0 Å². The van der Waals surface area contributed by atoms with Crippen molar-refractivity contribution < 1.29 is 28.6 Å². The van der Waals surface area contributed by atoms with Gasteiger partial charge in [-0.1, -0.05) is 279 Å². The van der Waals surface area contributed by atoms with Gasteiger partial charge in [-0.3, -0.25) is 14.4 Å². The van der Waals surface area contributed by atoms with Crippen LogP contribution in [0.1, 0.15) is 329 Å². The molecule has 0 heterocycles. The van der Waals surface area contributed by atoms with Gasteiger partial charge in [-0.15, -0.1) is 0 Å². The first kappa shape index (κ1) is 73.6. The van der Waals surface area contributed by atoms with Crippen LogP contribution in [-0.4, -0.2) is 37.2 Å². The molecule has 6 heteroatoms. The van der Waals surface area contributed by atoms with Gasteiger partial charge in [0.2, 0.25) is 0 Å². The predicted octanol–water partition coefficient (Wildman–Crippen LogP) is 22.7. The Morgan fingerprint density at radius 2 is 0.506 bits per heavy atom. The monoisotopic (exact) mass is 1070 g/mol. The SMILES string of the molecule is CC/C=C\C/C=C\C/C=C\C/C=C\C/C=C\CCCCCCCCCCCCCCCCCC(=O)OCC(COC(=O)CCCCCCC/C=C\CCCCCCC)OC(=O)CCCCCCC/C=C\CCCCCCC. The number of carbonyl (C=O) groups is 3. The number of hydrogen-bond acceptors (Lipinski definition) is 6. The topological polar surface area (TPSA) is 78.9 Å². The number of rotatable bonds is 60. The van der Waals surface area contributed by atoms with Crippen LogP contribution in [0.4, 0.5) is 0 Å². The first-order valence-electron chi connectivity index (χ1n) is 33.1. The summed E-state index contributed by atoms with van der Waals surface area (Å²) >= 11 is 0. The molecular weight excluding hydrogens is 949 g/mol. The Morgan fingerprint density at radius 1 is 0.273 bits per heavy atom. The molecule has 0 aromatic rings. The van der Waals surface area contributed by atoms with Crippen LogP contribution >= 0.6 is 0 Å². The van der Waals surface area contributed by atoms with E-state index >= 15 is 0 Å². The van der Waals surface area contributed by atoms with Gasteiger partial charge < -0.3 is 14.2 Å². The highest BCUT2D eigenvalue weighted by atomic mass is 16.6.